The van der Waals surface area contributed by atoms with Crippen LogP contribution in [-0.4, -0.2) is 24.5 Å². The minimum absolute atomic E-state index is 0.0857. The van der Waals surface area contributed by atoms with E-state index < -0.39 is 0 Å². The Bertz CT molecular complexity index is 6290. The molecule has 0 amide bonds. The number of hydrogen-bond acceptors (Lipinski definition) is 6. The Hall–Kier alpha value is -12.9. The molecule has 2 aromatic heterocycles. The van der Waals surface area contributed by atoms with Crippen LogP contribution < -0.4 is 78.6 Å². The molecule has 100 heavy (non-hydrogen) atoms. The van der Waals surface area contributed by atoms with E-state index in [4.69, 9.17) is 0 Å². The van der Waals surface area contributed by atoms with Crippen molar-refractivity contribution in [3.8, 4) is 0 Å². The summed E-state index contributed by atoms with van der Waals surface area (Å²) in [6.45, 7) is -0.350. The lowest BCUT2D eigenvalue weighted by Crippen LogP contribution is -2.61. The highest BCUT2D eigenvalue weighted by molar-refractivity contribution is 7.03. The molecular weight excluding hydrogens is 1210 g/mol. The second-order valence-corrected chi connectivity index (χ2v) is 27.4. The summed E-state index contributed by atoms with van der Waals surface area (Å²) in [7, 11) is 0. The molecular formula is C90H56B3N7. The third kappa shape index (κ3) is 7.15. The van der Waals surface area contributed by atoms with E-state index in [9.17, 15) is 0 Å². The first-order chi connectivity index (χ1) is 49.7. The van der Waals surface area contributed by atoms with Crippen LogP contribution in [0.3, 0.4) is 0 Å². The zero-order valence-electron chi connectivity index (χ0n) is 54.2. The molecule has 0 aliphatic carbocycles. The molecule has 6 aliphatic rings. The summed E-state index contributed by atoms with van der Waals surface area (Å²) >= 11 is 0. The second-order valence-electron chi connectivity index (χ2n) is 27.4. The zero-order valence-corrected chi connectivity index (χ0v) is 54.2. The monoisotopic (exact) mass is 1270 g/mol. The van der Waals surface area contributed by atoms with Crippen LogP contribution in [0, 0.1) is 0 Å². The number of aromatic nitrogens is 1. The Morgan fingerprint density at radius 3 is 0.830 bits per heavy atom. The Balaban J connectivity index is 0.892. The lowest BCUT2D eigenvalue weighted by molar-refractivity contribution is 1.25. The fourth-order valence-corrected chi connectivity index (χ4v) is 18.9. The molecule has 8 heterocycles. The molecule has 0 unspecified atom stereocenters. The van der Waals surface area contributed by atoms with E-state index in [0.29, 0.717) is 0 Å². The number of rotatable bonds is 6. The first-order valence-corrected chi connectivity index (χ1v) is 34.9. The smallest absolute Gasteiger partial charge is 0.253 e. The van der Waals surface area contributed by atoms with E-state index >= 15 is 0 Å². The highest BCUT2D eigenvalue weighted by Crippen LogP contribution is 2.53. The lowest BCUT2D eigenvalue weighted by atomic mass is 9.32. The number of hydrogen-bond donors (Lipinski definition) is 0. The lowest BCUT2D eigenvalue weighted by Gasteiger charge is -2.44. The van der Waals surface area contributed by atoms with Gasteiger partial charge in [-0.25, -0.2) is 0 Å². The summed E-state index contributed by atoms with van der Waals surface area (Å²) in [4.78, 5) is 15.3. The third-order valence-corrected chi connectivity index (χ3v) is 22.6. The third-order valence-electron chi connectivity index (χ3n) is 22.6. The summed E-state index contributed by atoms with van der Waals surface area (Å²) in [5, 5.41) is 4.97. The highest BCUT2D eigenvalue weighted by atomic mass is 15.2. The van der Waals surface area contributed by atoms with Crippen LogP contribution in [0.4, 0.5) is 102 Å². The van der Waals surface area contributed by atoms with Crippen molar-refractivity contribution in [3.05, 3.63) is 340 Å². The summed E-state index contributed by atoms with van der Waals surface area (Å²) in [5.41, 5.74) is 36.2. The fraction of sp³-hybridized carbons (Fsp3) is 0. The molecule has 7 nitrogen and oxygen atoms in total. The normalized spacial score (nSPS) is 14.0. The molecule has 0 N–H and O–H groups in total. The van der Waals surface area contributed by atoms with Crippen molar-refractivity contribution >= 4 is 210 Å². The summed E-state index contributed by atoms with van der Waals surface area (Å²) in [6, 6.07) is 128. The number of fused-ring (bicyclic) bond motifs is 19. The number of benzene rings is 15. The molecule has 0 saturated carbocycles. The van der Waals surface area contributed by atoms with Gasteiger partial charge in [0.05, 0.1) is 16.6 Å². The topological polar surface area (TPSA) is 23.9 Å². The number of para-hydroxylation sites is 9. The highest BCUT2D eigenvalue weighted by Gasteiger charge is 2.49. The predicted molar refractivity (Wildman–Crippen MR) is 423 cm³/mol. The van der Waals surface area contributed by atoms with Crippen molar-refractivity contribution in [2.24, 2.45) is 0 Å². The van der Waals surface area contributed by atoms with Crippen LogP contribution >= 0.6 is 0 Å². The van der Waals surface area contributed by atoms with Crippen LogP contribution in [-0.2, 0) is 0 Å². The molecule has 0 spiro atoms. The van der Waals surface area contributed by atoms with Gasteiger partial charge in [0.1, 0.15) is 0 Å². The number of anilines is 18. The van der Waals surface area contributed by atoms with Gasteiger partial charge < -0.3 is 33.8 Å². The molecule has 15 aromatic carbocycles. The molecule has 0 fully saturated rings. The minimum atomic E-state index is -0.158. The first kappa shape index (κ1) is 54.2. The van der Waals surface area contributed by atoms with Gasteiger partial charge in [-0.3, -0.25) is 0 Å². The van der Waals surface area contributed by atoms with Crippen molar-refractivity contribution in [1.29, 1.82) is 0 Å². The molecule has 460 valence electrons. The quantitative estimate of drug-likeness (QED) is 0.154. The molecule has 0 bridgehead atoms. The van der Waals surface area contributed by atoms with Crippen molar-refractivity contribution < 1.29 is 0 Å². The summed E-state index contributed by atoms with van der Waals surface area (Å²) in [5.74, 6) is 0. The van der Waals surface area contributed by atoms with E-state index in [1.807, 2.05) is 0 Å². The molecule has 0 saturated heterocycles. The maximum Gasteiger partial charge on any atom is 0.253 e. The van der Waals surface area contributed by atoms with Gasteiger partial charge in [0.2, 0.25) is 0 Å². The Morgan fingerprint density at radius 1 is 0.180 bits per heavy atom. The van der Waals surface area contributed by atoms with Crippen LogP contribution in [0.2, 0.25) is 0 Å². The molecule has 6 aliphatic heterocycles. The van der Waals surface area contributed by atoms with Crippen LogP contribution in [0.5, 0.6) is 0 Å². The molecule has 0 radical (unpaired) electrons. The second kappa shape index (κ2) is 20.3. The van der Waals surface area contributed by atoms with Crippen LogP contribution in [0.15, 0.2) is 340 Å². The van der Waals surface area contributed by atoms with Crippen molar-refractivity contribution in [2.45, 2.75) is 0 Å². The van der Waals surface area contributed by atoms with Gasteiger partial charge >= 0.3 is 0 Å². The van der Waals surface area contributed by atoms with Gasteiger partial charge in [0.15, 0.2) is 0 Å². The van der Waals surface area contributed by atoms with Gasteiger partial charge in [-0.1, -0.05) is 194 Å². The van der Waals surface area contributed by atoms with E-state index in [2.05, 4.69) is 374 Å². The standard InChI is InChI=1S/C90H56B3N7/c1-7-28-57(29-8-1)94-71-43-22-19-40-66(71)91-69-52-63-64-54-84-89(93-68-42-21-24-45-73(68)96(59-32-11-3-12-33-59)78-50-27-51-79(88(78)93)99(84)62-38-17-6-18-39-62)85-65-53-70-83(56-81(65)100(90(64)85)80(63)55-82(69)97(60-34-13-4-14-35-60)76-48-25-46-74(94)86(76)91)98(61-36-15-5-16-37-61)77-49-26-47-75-87(77)92(70)67-41-20-23-44-72(67)95(75)58-30-9-2-10-31-58/h1-56H. The van der Waals surface area contributed by atoms with E-state index in [0.717, 1.165) is 34.1 Å². The van der Waals surface area contributed by atoms with Gasteiger partial charge in [-0.15, -0.1) is 0 Å². The number of nitrogens with zero attached hydrogens (tertiary/aromatic N) is 7. The van der Waals surface area contributed by atoms with Crippen LogP contribution in [0.25, 0.3) is 38.1 Å². The molecule has 17 aromatic rings. The van der Waals surface area contributed by atoms with Crippen molar-refractivity contribution in [2.75, 3.05) is 29.4 Å². The van der Waals surface area contributed by atoms with E-state index in [1.165, 1.54) is 156 Å². The van der Waals surface area contributed by atoms with Gasteiger partial charge in [0, 0.05) is 124 Å². The minimum Gasteiger partial charge on any atom is -0.311 e. The first-order valence-electron chi connectivity index (χ1n) is 34.9. The Labute approximate surface area is 579 Å². The Kier molecular flexibility index (Phi) is 11.0. The van der Waals surface area contributed by atoms with Crippen LogP contribution in [0.1, 0.15) is 0 Å². The average molecular weight is 1270 g/mol. The molecule has 23 rings (SSSR count). The van der Waals surface area contributed by atoms with E-state index in [-0.39, 0.29) is 20.1 Å². The predicted octanol–water partition coefficient (Wildman–Crippen LogP) is 17.1. The van der Waals surface area contributed by atoms with Gasteiger partial charge in [0.25, 0.3) is 20.1 Å². The SMILES string of the molecule is c1ccc(N2c3ccccc3B3c4cc5c6cc7c(c8c9cc%10c(cc9n(c5cc4N(c4ccccc4)c4cccc2c43)c68)N(c2ccccc2)c2cccc3c2B%10c2ccccc2N3c2ccccc2)B2c3ccccc3N(c3ccccc3)c3cccc(c32)N7c2ccccc2)cc1. The largest absolute Gasteiger partial charge is 0.311 e. The molecule has 0 atom stereocenters. The van der Waals surface area contributed by atoms with Crippen molar-refractivity contribution in [1.82, 2.24) is 4.40 Å². The average Bonchev–Trinajstić information content (AvgIpc) is 1.45. The molecule has 10 heteroatoms. The summed E-state index contributed by atoms with van der Waals surface area (Å²) < 4.78 is 2.71. The fourth-order valence-electron chi connectivity index (χ4n) is 18.9. The maximum absolute atomic E-state index is 2.71. The van der Waals surface area contributed by atoms with Crippen molar-refractivity contribution in [3.63, 3.8) is 0 Å². The summed E-state index contributed by atoms with van der Waals surface area (Å²) in [6.07, 6.45) is 0. The van der Waals surface area contributed by atoms with Gasteiger partial charge in [-0.05, 0) is 195 Å². The zero-order chi connectivity index (χ0) is 65.0. The Morgan fingerprint density at radius 2 is 0.460 bits per heavy atom. The van der Waals surface area contributed by atoms with Gasteiger partial charge in [-0.2, -0.15) is 0 Å². The maximum atomic E-state index is 2.71. The van der Waals surface area contributed by atoms with E-state index in [1.54, 1.807) is 0 Å².